The first-order valence-electron chi connectivity index (χ1n) is 12.3. The van der Waals surface area contributed by atoms with Gasteiger partial charge in [0.05, 0.1) is 6.42 Å². The van der Waals surface area contributed by atoms with E-state index in [1.165, 1.54) is 4.90 Å². The van der Waals surface area contributed by atoms with Crippen molar-refractivity contribution < 1.29 is 28.7 Å². The Kier molecular flexibility index (Phi) is 9.84. The molecule has 0 aliphatic carbocycles. The van der Waals surface area contributed by atoms with Crippen molar-refractivity contribution in [2.45, 2.75) is 90.5 Å². The number of aromatic nitrogens is 1. The number of nitrogens with zero attached hydrogens (tertiary/aromatic N) is 3. The van der Waals surface area contributed by atoms with E-state index >= 15 is 0 Å². The largest absolute Gasteiger partial charge is 0.460 e. The van der Waals surface area contributed by atoms with E-state index in [9.17, 15) is 19.2 Å². The Bertz CT molecular complexity index is 893. The summed E-state index contributed by atoms with van der Waals surface area (Å²) in [6.45, 7) is 11.1. The summed E-state index contributed by atoms with van der Waals surface area (Å²) in [4.78, 5) is 59.1. The van der Waals surface area contributed by atoms with E-state index in [1.54, 1.807) is 59.7 Å². The van der Waals surface area contributed by atoms with E-state index in [4.69, 9.17) is 9.47 Å². The summed E-state index contributed by atoms with van der Waals surface area (Å²) in [6, 6.07) is 3.73. The second-order valence-electron chi connectivity index (χ2n) is 11.0. The quantitative estimate of drug-likeness (QED) is 0.541. The van der Waals surface area contributed by atoms with Gasteiger partial charge in [0.15, 0.2) is 0 Å². The number of hydrogen-bond acceptors (Lipinski definition) is 7. The smallest absolute Gasteiger partial charge is 0.408 e. The van der Waals surface area contributed by atoms with Crippen molar-refractivity contribution in [3.8, 4) is 0 Å². The van der Waals surface area contributed by atoms with Crippen LogP contribution >= 0.6 is 0 Å². The first kappa shape index (κ1) is 29.1. The predicted octanol–water partition coefficient (Wildman–Crippen LogP) is 2.70. The molecule has 2 heterocycles. The second kappa shape index (κ2) is 12.2. The van der Waals surface area contributed by atoms with Gasteiger partial charge in [-0.2, -0.15) is 0 Å². The molecule has 1 aliphatic rings. The van der Waals surface area contributed by atoms with Crippen molar-refractivity contribution in [2.75, 3.05) is 20.1 Å². The van der Waals surface area contributed by atoms with Crippen LogP contribution in [0.3, 0.4) is 0 Å². The molecule has 10 nitrogen and oxygen atoms in total. The van der Waals surface area contributed by atoms with Gasteiger partial charge in [0.1, 0.15) is 23.3 Å². The molecule has 3 amide bonds. The number of carbonyl (C=O) groups is 4. The minimum atomic E-state index is -1.22. The Hall–Kier alpha value is -3.17. The molecule has 0 radical (unpaired) electrons. The molecule has 1 aromatic heterocycles. The Morgan fingerprint density at radius 1 is 1.11 bits per heavy atom. The summed E-state index contributed by atoms with van der Waals surface area (Å²) < 4.78 is 10.7. The molecule has 1 aliphatic heterocycles. The van der Waals surface area contributed by atoms with Crippen LogP contribution in [0.4, 0.5) is 4.79 Å². The Balaban J connectivity index is 2.13. The third-order valence-corrected chi connectivity index (χ3v) is 5.41. The number of carbonyl (C=O) groups excluding carboxylic acids is 4. The second-order valence-corrected chi connectivity index (χ2v) is 11.0. The van der Waals surface area contributed by atoms with Gasteiger partial charge in [-0.05, 0) is 66.5 Å². The fourth-order valence-electron chi connectivity index (χ4n) is 3.88. The van der Waals surface area contributed by atoms with Crippen molar-refractivity contribution in [1.29, 1.82) is 0 Å². The molecule has 0 aromatic carbocycles. The lowest BCUT2D eigenvalue weighted by Crippen LogP contribution is -2.55. The number of nitrogens with one attached hydrogen (secondary N) is 1. The van der Waals surface area contributed by atoms with E-state index in [-0.39, 0.29) is 12.3 Å². The predicted molar refractivity (Wildman–Crippen MR) is 134 cm³/mol. The number of amides is 3. The van der Waals surface area contributed by atoms with Gasteiger partial charge in [0.2, 0.25) is 11.8 Å². The first-order valence-corrected chi connectivity index (χ1v) is 12.3. The topological polar surface area (TPSA) is 118 Å². The van der Waals surface area contributed by atoms with Gasteiger partial charge >= 0.3 is 12.1 Å². The van der Waals surface area contributed by atoms with E-state index < -0.39 is 41.3 Å². The zero-order chi connectivity index (χ0) is 27.1. The number of likely N-dealkylation sites (N-methyl/N-ethyl adjacent to an activating group) is 1. The van der Waals surface area contributed by atoms with Crippen molar-refractivity contribution in [2.24, 2.45) is 0 Å². The zero-order valence-corrected chi connectivity index (χ0v) is 22.5. The lowest BCUT2D eigenvalue weighted by Gasteiger charge is -2.31. The van der Waals surface area contributed by atoms with Gasteiger partial charge in [-0.15, -0.1) is 0 Å². The molecule has 1 aromatic rings. The van der Waals surface area contributed by atoms with Gasteiger partial charge in [0, 0.05) is 38.4 Å². The number of pyridine rings is 1. The molecular formula is C26H40N4O6. The molecule has 0 unspecified atom stereocenters. The Morgan fingerprint density at radius 2 is 1.78 bits per heavy atom. The molecule has 0 saturated carbocycles. The van der Waals surface area contributed by atoms with Crippen LogP contribution in [0.2, 0.25) is 0 Å². The maximum atomic E-state index is 13.5. The van der Waals surface area contributed by atoms with Crippen molar-refractivity contribution in [3.05, 3.63) is 30.1 Å². The maximum absolute atomic E-state index is 13.5. The fourth-order valence-corrected chi connectivity index (χ4v) is 3.88. The van der Waals surface area contributed by atoms with Crippen LogP contribution in [0.1, 0.15) is 66.5 Å². The summed E-state index contributed by atoms with van der Waals surface area (Å²) >= 11 is 0. The van der Waals surface area contributed by atoms with Crippen molar-refractivity contribution in [1.82, 2.24) is 20.1 Å². The lowest BCUT2D eigenvalue weighted by molar-refractivity contribution is -0.157. The molecule has 0 spiro atoms. The van der Waals surface area contributed by atoms with E-state index in [0.717, 1.165) is 5.69 Å². The number of hydrogen-bond donors (Lipinski definition) is 1. The highest BCUT2D eigenvalue weighted by molar-refractivity contribution is 5.94. The number of alkyl carbamates (subject to hydrolysis) is 1. The molecule has 2 atom stereocenters. The van der Waals surface area contributed by atoms with Crippen LogP contribution in [0.15, 0.2) is 24.4 Å². The highest BCUT2D eigenvalue weighted by Gasteiger charge is 2.40. The molecule has 36 heavy (non-hydrogen) atoms. The average molecular weight is 505 g/mol. The minimum Gasteiger partial charge on any atom is -0.460 e. The van der Waals surface area contributed by atoms with Crippen molar-refractivity contribution in [3.63, 3.8) is 0 Å². The lowest BCUT2D eigenvalue weighted by atomic mass is 10.1. The zero-order valence-electron chi connectivity index (χ0n) is 22.5. The highest BCUT2D eigenvalue weighted by Crippen LogP contribution is 2.22. The summed E-state index contributed by atoms with van der Waals surface area (Å²) in [7, 11) is 1.70. The number of likely N-dealkylation sites (tertiary alicyclic amines) is 1. The van der Waals surface area contributed by atoms with Gasteiger partial charge in [-0.1, -0.05) is 6.07 Å². The summed E-state index contributed by atoms with van der Waals surface area (Å²) in [5, 5.41) is 2.52. The molecule has 200 valence electrons. The first-order chi connectivity index (χ1) is 16.7. The SMILES string of the molecule is CN(CCc1ccccn1)C(=O)[C@@H]1CCCN1C(=O)[C@H](CC(=O)OC(C)(C)C)NC(=O)OC(C)(C)C. The van der Waals surface area contributed by atoms with Crippen LogP contribution in [0, 0.1) is 0 Å². The Morgan fingerprint density at radius 3 is 2.36 bits per heavy atom. The van der Waals surface area contributed by atoms with Gasteiger partial charge < -0.3 is 24.6 Å². The highest BCUT2D eigenvalue weighted by atomic mass is 16.6. The normalized spacial score (nSPS) is 16.8. The van der Waals surface area contributed by atoms with Crippen LogP contribution < -0.4 is 5.32 Å². The standard InChI is InChI=1S/C26H40N4O6/c1-25(2,3)35-21(31)17-19(28-24(34)36-26(4,5)6)22(32)30-15-10-12-20(30)23(33)29(7)16-13-18-11-8-9-14-27-18/h8-9,11,14,19-20H,10,12-13,15-17H2,1-7H3,(H,28,34)/t19-,20-/m0/s1. The van der Waals surface area contributed by atoms with E-state index in [2.05, 4.69) is 10.3 Å². The van der Waals surface area contributed by atoms with Crippen LogP contribution in [-0.2, 0) is 30.3 Å². The third kappa shape index (κ3) is 9.47. The summed E-state index contributed by atoms with van der Waals surface area (Å²) in [6.07, 6.45) is 2.25. The molecule has 1 fully saturated rings. The van der Waals surface area contributed by atoms with Crippen LogP contribution in [-0.4, -0.2) is 82.1 Å². The molecule has 10 heteroatoms. The number of ether oxygens (including phenoxy) is 2. The van der Waals surface area contributed by atoms with E-state index in [1.807, 2.05) is 18.2 Å². The monoisotopic (exact) mass is 504 g/mol. The van der Waals surface area contributed by atoms with E-state index in [0.29, 0.717) is 32.4 Å². The molecule has 2 rings (SSSR count). The molecule has 1 saturated heterocycles. The molecular weight excluding hydrogens is 464 g/mol. The molecule has 0 bridgehead atoms. The molecule has 1 N–H and O–H groups in total. The summed E-state index contributed by atoms with van der Waals surface area (Å²) in [5.41, 5.74) is -0.666. The fraction of sp³-hybridized carbons (Fsp3) is 0.654. The van der Waals surface area contributed by atoms with Crippen LogP contribution in [0.5, 0.6) is 0 Å². The minimum absolute atomic E-state index is 0.190. The summed E-state index contributed by atoms with van der Waals surface area (Å²) in [5.74, 6) is -1.34. The van der Waals surface area contributed by atoms with Crippen LogP contribution in [0.25, 0.3) is 0 Å². The van der Waals surface area contributed by atoms with Crippen molar-refractivity contribution >= 4 is 23.9 Å². The Labute approximate surface area is 213 Å². The van der Waals surface area contributed by atoms with Gasteiger partial charge in [0.25, 0.3) is 0 Å². The third-order valence-electron chi connectivity index (χ3n) is 5.41. The maximum Gasteiger partial charge on any atom is 0.408 e. The van der Waals surface area contributed by atoms with Gasteiger partial charge in [-0.25, -0.2) is 4.79 Å². The van der Waals surface area contributed by atoms with Gasteiger partial charge in [-0.3, -0.25) is 19.4 Å². The number of rotatable bonds is 8. The number of esters is 1. The average Bonchev–Trinajstić information content (AvgIpc) is 3.24.